The number of aliphatic hydroxyl groups excluding tert-OH is 1. The number of hydrogen-bond donors (Lipinski definition) is 1. The number of aliphatic hydroxyl groups is 1. The lowest BCUT2D eigenvalue weighted by Gasteiger charge is -2.23. The van der Waals surface area contributed by atoms with Gasteiger partial charge in [0, 0.05) is 27.8 Å². The van der Waals surface area contributed by atoms with Gasteiger partial charge in [-0.05, 0) is 72.5 Å². The van der Waals surface area contributed by atoms with Crippen molar-refractivity contribution in [2.24, 2.45) is 0 Å². The normalized spacial score (nSPS) is 18.6. The van der Waals surface area contributed by atoms with Gasteiger partial charge in [-0.3, -0.25) is 14.5 Å². The van der Waals surface area contributed by atoms with Crippen molar-refractivity contribution in [3.05, 3.63) is 98.5 Å². The number of carbonyl (C=O) groups is 2. The molecule has 1 amide bonds. The van der Waals surface area contributed by atoms with Crippen molar-refractivity contribution in [1.29, 1.82) is 0 Å². The Hall–Kier alpha value is -3.57. The minimum atomic E-state index is -0.959. The smallest absolute Gasteiger partial charge is 0.301 e. The molecule has 1 aromatic heterocycles. The third-order valence-corrected chi connectivity index (χ3v) is 10.5. The van der Waals surface area contributed by atoms with E-state index in [0.717, 1.165) is 36.1 Å². The molecule has 2 aliphatic heterocycles. The van der Waals surface area contributed by atoms with Gasteiger partial charge in [0.1, 0.15) is 23.4 Å². The number of hydrogen-bond acceptors (Lipinski definition) is 9. The van der Waals surface area contributed by atoms with Gasteiger partial charge in [-0.2, -0.15) is 0 Å². The Morgan fingerprint density at radius 2 is 1.96 bits per heavy atom. The highest BCUT2D eigenvalue weighted by Crippen LogP contribution is 2.45. The fourth-order valence-electron chi connectivity index (χ4n) is 5.52. The van der Waals surface area contributed by atoms with Crippen molar-refractivity contribution in [1.82, 2.24) is 10.2 Å². The molecule has 1 N–H and O–H groups in total. The molecule has 12 heteroatoms. The lowest BCUT2D eigenvalue weighted by atomic mass is 9.94. The van der Waals surface area contributed by atoms with Crippen LogP contribution in [0.3, 0.4) is 0 Å². The number of halogens is 2. The summed E-state index contributed by atoms with van der Waals surface area (Å²) in [6.45, 7) is 4.64. The van der Waals surface area contributed by atoms with Crippen LogP contribution in [0.4, 0.5) is 5.13 Å². The third kappa shape index (κ3) is 6.76. The number of ether oxygens (including phenoxy) is 2. The first-order valence-electron chi connectivity index (χ1n) is 15.0. The van der Waals surface area contributed by atoms with Crippen LogP contribution in [-0.2, 0) is 21.8 Å². The van der Waals surface area contributed by atoms with E-state index in [4.69, 9.17) is 32.7 Å². The average Bonchev–Trinajstić information content (AvgIpc) is 3.73. The zero-order chi connectivity index (χ0) is 32.4. The fourth-order valence-corrected chi connectivity index (χ4v) is 7.95. The first-order valence-corrected chi connectivity index (χ1v) is 17.5. The predicted molar refractivity (Wildman–Crippen MR) is 182 cm³/mol. The number of nitrogens with zero attached hydrogens (tertiary/aromatic N) is 3. The van der Waals surface area contributed by atoms with Gasteiger partial charge in [-0.1, -0.05) is 84.3 Å². The monoisotopic (exact) mass is 695 g/mol. The Balaban J connectivity index is 1.37. The molecule has 238 valence electrons. The zero-order valence-electron chi connectivity index (χ0n) is 25.2. The van der Waals surface area contributed by atoms with E-state index in [1.54, 1.807) is 30.3 Å². The number of rotatable bonds is 11. The van der Waals surface area contributed by atoms with Crippen molar-refractivity contribution < 1.29 is 24.2 Å². The summed E-state index contributed by atoms with van der Waals surface area (Å²) in [6, 6.07) is 16.9. The number of aromatic nitrogens is 2. The fraction of sp³-hybridized carbons (Fsp3) is 0.294. The van der Waals surface area contributed by atoms with E-state index in [1.165, 1.54) is 28.0 Å². The van der Waals surface area contributed by atoms with Gasteiger partial charge in [-0.15, -0.1) is 10.2 Å². The maximum Gasteiger partial charge on any atom is 0.301 e. The summed E-state index contributed by atoms with van der Waals surface area (Å²) in [5, 5.41) is 21.6. The van der Waals surface area contributed by atoms with Gasteiger partial charge >= 0.3 is 5.91 Å². The number of carbonyl (C=O) groups excluding carboxylic acids is 2. The Morgan fingerprint density at radius 3 is 2.76 bits per heavy atom. The van der Waals surface area contributed by atoms with Crippen molar-refractivity contribution in [3.8, 4) is 11.5 Å². The molecular weight excluding hydrogens is 665 g/mol. The largest absolute Gasteiger partial charge is 0.507 e. The highest BCUT2D eigenvalue weighted by molar-refractivity contribution is 8.00. The van der Waals surface area contributed by atoms with Crippen LogP contribution in [0.2, 0.25) is 10.0 Å². The Morgan fingerprint density at radius 1 is 1.11 bits per heavy atom. The van der Waals surface area contributed by atoms with Crippen molar-refractivity contribution >= 4 is 68.9 Å². The standard InChI is InChI=1S/C34H31Cl2N3O5S2/c1-3-4-5-13-43-25-8-6-7-20(16-25)29-28(30(40)21-10-12-27-23(15-21)14-19(2)44-27)31(41)32(42)39(29)33-37-38-34(46-33)45-18-22-9-11-24(35)17-26(22)36/h6-12,15-17,19,29,40H,3-5,13-14,18H2,1-2H3/b30-28-. The van der Waals surface area contributed by atoms with Crippen LogP contribution >= 0.6 is 46.3 Å². The number of fused-ring (bicyclic) bond motifs is 1. The van der Waals surface area contributed by atoms with E-state index in [-0.39, 0.29) is 22.6 Å². The molecule has 2 unspecified atom stereocenters. The second-order valence-electron chi connectivity index (χ2n) is 11.1. The molecule has 46 heavy (non-hydrogen) atoms. The van der Waals surface area contributed by atoms with E-state index >= 15 is 0 Å². The van der Waals surface area contributed by atoms with Gasteiger partial charge in [0.2, 0.25) is 5.13 Å². The zero-order valence-corrected chi connectivity index (χ0v) is 28.3. The van der Waals surface area contributed by atoms with E-state index < -0.39 is 17.7 Å². The molecule has 8 nitrogen and oxygen atoms in total. The number of anilines is 1. The number of thioether (sulfide) groups is 1. The van der Waals surface area contributed by atoms with E-state index in [0.29, 0.717) is 50.0 Å². The van der Waals surface area contributed by atoms with Gasteiger partial charge in [0.15, 0.2) is 4.34 Å². The minimum absolute atomic E-state index is 0.0122. The summed E-state index contributed by atoms with van der Waals surface area (Å²) in [5.41, 5.74) is 2.80. The second kappa shape index (κ2) is 14.0. The summed E-state index contributed by atoms with van der Waals surface area (Å²) >= 11 is 15.0. The molecule has 4 aromatic rings. The van der Waals surface area contributed by atoms with Crippen molar-refractivity contribution in [2.45, 2.75) is 61.8 Å². The molecule has 3 aromatic carbocycles. The maximum atomic E-state index is 13.7. The predicted octanol–water partition coefficient (Wildman–Crippen LogP) is 8.66. The van der Waals surface area contributed by atoms with Crippen molar-refractivity contribution in [2.75, 3.05) is 11.5 Å². The Kier molecular flexibility index (Phi) is 9.89. The Labute approximate surface area is 285 Å². The summed E-state index contributed by atoms with van der Waals surface area (Å²) in [7, 11) is 0. The topological polar surface area (TPSA) is 102 Å². The Bertz CT molecular complexity index is 1830. The first-order chi connectivity index (χ1) is 22.2. The van der Waals surface area contributed by atoms with E-state index in [1.807, 2.05) is 37.3 Å². The van der Waals surface area contributed by atoms with Gasteiger partial charge in [0.05, 0.1) is 18.2 Å². The summed E-state index contributed by atoms with van der Waals surface area (Å²) in [5.74, 6) is -0.0140. The van der Waals surface area contributed by atoms with Crippen molar-refractivity contribution in [3.63, 3.8) is 0 Å². The third-order valence-electron chi connectivity index (χ3n) is 7.77. The molecule has 0 radical (unpaired) electrons. The molecule has 2 atom stereocenters. The number of amides is 1. The summed E-state index contributed by atoms with van der Waals surface area (Å²) in [4.78, 5) is 28.8. The van der Waals surface area contributed by atoms with Gasteiger partial charge < -0.3 is 14.6 Å². The van der Waals surface area contributed by atoms with Crippen LogP contribution in [0.25, 0.3) is 5.76 Å². The molecule has 0 spiro atoms. The minimum Gasteiger partial charge on any atom is -0.507 e. The van der Waals surface area contributed by atoms with E-state index in [9.17, 15) is 14.7 Å². The number of benzene rings is 3. The second-order valence-corrected chi connectivity index (χ2v) is 14.1. The van der Waals surface area contributed by atoms with E-state index in [2.05, 4.69) is 17.1 Å². The molecular formula is C34H31Cl2N3O5S2. The highest BCUT2D eigenvalue weighted by atomic mass is 35.5. The molecule has 0 bridgehead atoms. The first kappa shape index (κ1) is 32.4. The molecule has 2 aliphatic rings. The van der Waals surface area contributed by atoms with Crippen LogP contribution in [0, 0.1) is 0 Å². The lowest BCUT2D eigenvalue weighted by molar-refractivity contribution is -0.132. The summed E-state index contributed by atoms with van der Waals surface area (Å²) in [6.07, 6.45) is 3.72. The number of unbranched alkanes of at least 4 members (excludes halogenated alkanes) is 2. The van der Waals surface area contributed by atoms with Crippen LogP contribution in [0.15, 0.2) is 70.6 Å². The van der Waals surface area contributed by atoms with Gasteiger partial charge in [-0.25, -0.2) is 0 Å². The number of ketones is 1. The quantitative estimate of drug-likeness (QED) is 0.0415. The average molecular weight is 697 g/mol. The number of Topliss-reactive ketones (excluding diaryl/α,β-unsaturated/α-hetero) is 1. The molecule has 0 aliphatic carbocycles. The van der Waals surface area contributed by atoms with Crippen LogP contribution < -0.4 is 14.4 Å². The lowest BCUT2D eigenvalue weighted by Crippen LogP contribution is -2.29. The maximum absolute atomic E-state index is 13.7. The molecule has 6 rings (SSSR count). The molecule has 0 saturated carbocycles. The SMILES string of the molecule is CCCCCOc1cccc(C2/C(=C(/O)c3ccc4c(c3)CC(C)O4)C(=O)C(=O)N2c2nnc(SCc3ccc(Cl)cc3Cl)s2)c1. The van der Waals surface area contributed by atoms with Crippen LogP contribution in [0.5, 0.6) is 11.5 Å². The summed E-state index contributed by atoms with van der Waals surface area (Å²) < 4.78 is 12.4. The highest BCUT2D eigenvalue weighted by Gasteiger charge is 2.48. The molecule has 1 saturated heterocycles. The molecule has 3 heterocycles. The van der Waals surface area contributed by atoms with Crippen LogP contribution in [0.1, 0.15) is 61.4 Å². The molecule has 1 fully saturated rings. The van der Waals surface area contributed by atoms with Gasteiger partial charge in [0.25, 0.3) is 5.78 Å². The van der Waals surface area contributed by atoms with Crippen LogP contribution in [-0.4, -0.2) is 39.7 Å².